The van der Waals surface area contributed by atoms with E-state index < -0.39 is 17.9 Å². The van der Waals surface area contributed by atoms with Crippen LogP contribution in [0.25, 0.3) is 0 Å². The van der Waals surface area contributed by atoms with Crippen LogP contribution < -0.4 is 5.32 Å². The second-order valence-corrected chi connectivity index (χ2v) is 7.77. The van der Waals surface area contributed by atoms with Crippen LogP contribution in [0.5, 0.6) is 0 Å². The Bertz CT molecular complexity index is 759. The van der Waals surface area contributed by atoms with Crippen molar-refractivity contribution in [3.8, 4) is 0 Å². The molecule has 1 amide bonds. The fourth-order valence-electron chi connectivity index (χ4n) is 3.59. The normalized spacial score (nSPS) is 17.9. The van der Waals surface area contributed by atoms with Crippen molar-refractivity contribution >= 4 is 23.8 Å². The molecule has 2 saturated heterocycles. The first-order chi connectivity index (χ1) is 15.1. The first-order valence-electron chi connectivity index (χ1n) is 10.5. The van der Waals surface area contributed by atoms with E-state index in [2.05, 4.69) is 10.2 Å². The zero-order valence-corrected chi connectivity index (χ0v) is 18.6. The second-order valence-electron chi connectivity index (χ2n) is 7.77. The van der Waals surface area contributed by atoms with Gasteiger partial charge in [-0.2, -0.15) is 0 Å². The molecule has 10 nitrogen and oxygen atoms in total. The van der Waals surface area contributed by atoms with Gasteiger partial charge in [-0.25, -0.2) is 4.79 Å². The Morgan fingerprint density at radius 2 is 1.59 bits per heavy atom. The molecule has 3 rings (SSSR count). The van der Waals surface area contributed by atoms with E-state index in [0.29, 0.717) is 18.0 Å². The summed E-state index contributed by atoms with van der Waals surface area (Å²) in [7, 11) is 0. The van der Waals surface area contributed by atoms with Crippen molar-refractivity contribution in [2.75, 3.05) is 45.8 Å². The van der Waals surface area contributed by atoms with Crippen LogP contribution in [0.15, 0.2) is 24.3 Å². The number of rotatable bonds is 5. The van der Waals surface area contributed by atoms with Gasteiger partial charge >= 0.3 is 5.97 Å². The van der Waals surface area contributed by atoms with Crippen LogP contribution >= 0.6 is 0 Å². The van der Waals surface area contributed by atoms with Crippen molar-refractivity contribution in [1.29, 1.82) is 0 Å². The molecule has 0 radical (unpaired) electrons. The van der Waals surface area contributed by atoms with Gasteiger partial charge in [-0.3, -0.25) is 19.3 Å². The maximum Gasteiger partial charge on any atom is 0.335 e. The van der Waals surface area contributed by atoms with Crippen LogP contribution in [-0.2, 0) is 20.8 Å². The van der Waals surface area contributed by atoms with E-state index in [1.165, 1.54) is 0 Å². The number of piperazine rings is 1. The van der Waals surface area contributed by atoms with Crippen molar-refractivity contribution in [1.82, 2.24) is 15.1 Å². The highest BCUT2D eigenvalue weighted by molar-refractivity contribution is 5.87. The van der Waals surface area contributed by atoms with Crippen molar-refractivity contribution in [2.45, 2.75) is 26.7 Å². The second kappa shape index (κ2) is 14.2. The molecule has 0 aliphatic carbocycles. The minimum absolute atomic E-state index is 0.227. The van der Waals surface area contributed by atoms with Crippen LogP contribution in [0, 0.1) is 5.92 Å². The molecule has 0 saturated carbocycles. The number of carboxylic acid groups (broad SMARTS) is 3. The maximum absolute atomic E-state index is 12.3. The van der Waals surface area contributed by atoms with Crippen LogP contribution in [0.4, 0.5) is 0 Å². The molecule has 0 spiro atoms. The predicted molar refractivity (Wildman–Crippen MR) is 118 cm³/mol. The van der Waals surface area contributed by atoms with Gasteiger partial charge in [-0.1, -0.05) is 12.1 Å². The summed E-state index contributed by atoms with van der Waals surface area (Å²) in [5.74, 6) is -1.83. The molecule has 178 valence electrons. The Hall–Kier alpha value is -2.98. The number of nitrogens with one attached hydrogen (secondary N) is 1. The van der Waals surface area contributed by atoms with Gasteiger partial charge in [0.15, 0.2) is 0 Å². The number of carbonyl (C=O) groups is 4. The highest BCUT2D eigenvalue weighted by atomic mass is 16.4. The van der Waals surface area contributed by atoms with Gasteiger partial charge in [0.25, 0.3) is 11.9 Å². The molecule has 1 atom stereocenters. The maximum atomic E-state index is 12.3. The molecule has 10 heteroatoms. The number of nitrogens with zero attached hydrogens (tertiary/aromatic N) is 2. The number of hydrogen-bond acceptors (Lipinski definition) is 6. The van der Waals surface area contributed by atoms with Gasteiger partial charge in [0, 0.05) is 46.6 Å². The molecule has 1 aromatic rings. The van der Waals surface area contributed by atoms with Crippen LogP contribution in [-0.4, -0.2) is 94.7 Å². The third-order valence-corrected chi connectivity index (χ3v) is 4.90. The average Bonchev–Trinajstić information content (AvgIpc) is 3.14. The number of hydrogen-bond donors (Lipinski definition) is 4. The van der Waals surface area contributed by atoms with Crippen molar-refractivity contribution in [3.05, 3.63) is 35.4 Å². The van der Waals surface area contributed by atoms with Crippen molar-refractivity contribution in [3.63, 3.8) is 0 Å². The third-order valence-electron chi connectivity index (χ3n) is 4.90. The van der Waals surface area contributed by atoms with E-state index >= 15 is 0 Å². The Morgan fingerprint density at radius 1 is 1.00 bits per heavy atom. The van der Waals surface area contributed by atoms with Crippen LogP contribution in [0.2, 0.25) is 0 Å². The summed E-state index contributed by atoms with van der Waals surface area (Å²) in [6.45, 7) is 7.90. The van der Waals surface area contributed by atoms with E-state index in [9.17, 15) is 9.59 Å². The smallest absolute Gasteiger partial charge is 0.335 e. The molecular weight excluding hydrogens is 418 g/mol. The summed E-state index contributed by atoms with van der Waals surface area (Å²) in [4.78, 5) is 45.6. The largest absolute Gasteiger partial charge is 0.481 e. The van der Waals surface area contributed by atoms with E-state index in [1.807, 2.05) is 11.0 Å². The number of carbonyl (C=O) groups excluding carboxylic acids is 1. The van der Waals surface area contributed by atoms with Gasteiger partial charge in [-0.15, -0.1) is 0 Å². The van der Waals surface area contributed by atoms with E-state index in [0.717, 1.165) is 71.5 Å². The molecule has 2 aliphatic heterocycles. The monoisotopic (exact) mass is 451 g/mol. The molecule has 4 N–H and O–H groups in total. The van der Waals surface area contributed by atoms with Gasteiger partial charge in [0.1, 0.15) is 0 Å². The molecule has 1 aromatic carbocycles. The molecule has 0 bridgehead atoms. The topological polar surface area (TPSA) is 147 Å². The molecular formula is C22H33N3O7. The van der Waals surface area contributed by atoms with Gasteiger partial charge in [0.05, 0.1) is 12.1 Å². The van der Waals surface area contributed by atoms with E-state index in [-0.39, 0.29) is 5.91 Å². The van der Waals surface area contributed by atoms with Gasteiger partial charge < -0.3 is 25.5 Å². The molecule has 2 heterocycles. The Kier molecular flexibility index (Phi) is 12.0. The summed E-state index contributed by atoms with van der Waals surface area (Å²) in [5.41, 5.74) is 1.41. The van der Waals surface area contributed by atoms with Gasteiger partial charge in [-0.05, 0) is 43.0 Å². The molecule has 2 fully saturated rings. The quantitative estimate of drug-likeness (QED) is 0.512. The summed E-state index contributed by atoms with van der Waals surface area (Å²) < 4.78 is 0. The van der Waals surface area contributed by atoms with Crippen LogP contribution in [0.3, 0.4) is 0 Å². The zero-order valence-electron chi connectivity index (χ0n) is 18.6. The third kappa shape index (κ3) is 11.4. The fraction of sp³-hybridized carbons (Fsp3) is 0.545. The Balaban J connectivity index is 0.000000554. The number of carboxylic acids is 3. The number of aliphatic carboxylic acids is 2. The van der Waals surface area contributed by atoms with Crippen molar-refractivity contribution in [2.24, 2.45) is 5.92 Å². The summed E-state index contributed by atoms with van der Waals surface area (Å²) in [6, 6.07) is 7.18. The lowest BCUT2D eigenvalue weighted by Crippen LogP contribution is -2.49. The number of aromatic carboxylic acids is 1. The lowest BCUT2D eigenvalue weighted by atomic mass is 9.97. The van der Waals surface area contributed by atoms with E-state index in [1.54, 1.807) is 18.2 Å². The first kappa shape index (κ1) is 27.1. The molecule has 1 unspecified atom stereocenters. The summed E-state index contributed by atoms with van der Waals surface area (Å²) in [6.07, 6.45) is 1.94. The number of amides is 1. The summed E-state index contributed by atoms with van der Waals surface area (Å²) >= 11 is 0. The standard InChI is InChI=1S/C18H25N3O3.2C2H4O2/c22-17(21-8-5-19-6-9-21)13-20-7-4-15(12-20)10-14-2-1-3-16(11-14)18(23)24;2*1-2(3)4/h1-3,11,15,19H,4-10,12-13H2,(H,23,24);2*1H3,(H,3,4). The van der Waals surface area contributed by atoms with Crippen LogP contribution in [0.1, 0.15) is 36.2 Å². The number of likely N-dealkylation sites (tertiary alicyclic amines) is 1. The number of benzene rings is 1. The lowest BCUT2D eigenvalue weighted by Gasteiger charge is -2.29. The molecule has 0 aromatic heterocycles. The SMILES string of the molecule is CC(=O)O.CC(=O)O.O=C(O)c1cccc(CC2CCN(CC(=O)N3CCNCC3)C2)c1. The predicted octanol–water partition coefficient (Wildman–Crippen LogP) is 0.863. The average molecular weight is 452 g/mol. The minimum Gasteiger partial charge on any atom is -0.481 e. The first-order valence-corrected chi connectivity index (χ1v) is 10.5. The Labute approximate surface area is 187 Å². The van der Waals surface area contributed by atoms with Gasteiger partial charge in [0.2, 0.25) is 5.91 Å². The minimum atomic E-state index is -0.883. The summed E-state index contributed by atoms with van der Waals surface area (Å²) in [5, 5.41) is 27.2. The molecule has 2 aliphatic rings. The molecule has 32 heavy (non-hydrogen) atoms. The van der Waals surface area contributed by atoms with Crippen molar-refractivity contribution < 1.29 is 34.5 Å². The highest BCUT2D eigenvalue weighted by Gasteiger charge is 2.26. The highest BCUT2D eigenvalue weighted by Crippen LogP contribution is 2.21. The van der Waals surface area contributed by atoms with E-state index in [4.69, 9.17) is 24.9 Å². The fourth-order valence-corrected chi connectivity index (χ4v) is 3.59. The Morgan fingerprint density at radius 3 is 2.16 bits per heavy atom. The zero-order chi connectivity index (χ0) is 24.1. The lowest BCUT2D eigenvalue weighted by molar-refractivity contribution is -0.135.